The molecule has 37 heavy (non-hydrogen) atoms. The zero-order valence-electron chi connectivity index (χ0n) is 19.1. The number of anilines is 1. The Morgan fingerprint density at radius 1 is 1.16 bits per heavy atom. The monoisotopic (exact) mass is 549 g/mol. The molecule has 6 N–H and O–H groups in total. The van der Waals surface area contributed by atoms with Crippen LogP contribution in [-0.2, 0) is 9.59 Å². The van der Waals surface area contributed by atoms with Crippen LogP contribution in [0.4, 0.5) is 10.1 Å². The summed E-state index contributed by atoms with van der Waals surface area (Å²) in [4.78, 5) is 40.8. The standard InChI is InChI=1S/C23H22Cl2FN7O4/c24-13-1-11(2-14(25)5-13)17(6-21(35)36)31-20(34)10-27-22(37)12-3-18(16-9-30-33-19(16)4-12)32-23-28-7-15(26)8-29-23/h1-5,9,15,17H,6-8,10H2,(H,27,37)(H,30,33)(H,31,34)(H,35,36)(H2,28,29,32)/t17-/m0/s1. The van der Waals surface area contributed by atoms with Crippen molar-refractivity contribution in [3.05, 3.63) is 57.7 Å². The number of aromatic nitrogens is 2. The Morgan fingerprint density at radius 3 is 2.59 bits per heavy atom. The Morgan fingerprint density at radius 2 is 1.92 bits per heavy atom. The Bertz CT molecular complexity index is 1360. The van der Waals surface area contributed by atoms with E-state index in [9.17, 15) is 23.9 Å². The Kier molecular flexibility index (Phi) is 8.09. The third-order valence-electron chi connectivity index (χ3n) is 5.42. The lowest BCUT2D eigenvalue weighted by Crippen LogP contribution is -2.41. The van der Waals surface area contributed by atoms with Crippen molar-refractivity contribution in [1.82, 2.24) is 26.1 Å². The van der Waals surface area contributed by atoms with E-state index in [0.29, 0.717) is 28.1 Å². The number of aliphatic imine (C=N–C) groups is 1. The highest BCUT2D eigenvalue weighted by atomic mass is 35.5. The molecule has 1 aliphatic rings. The number of alkyl halides is 1. The maximum Gasteiger partial charge on any atom is 0.305 e. The SMILES string of the molecule is O=C(O)C[C@H](NC(=O)CNC(=O)c1cc(NC2=NCC(F)CN2)c2cn[nH]c2c1)c1cc(Cl)cc(Cl)c1. The van der Waals surface area contributed by atoms with Gasteiger partial charge in [0.05, 0.1) is 49.5 Å². The van der Waals surface area contributed by atoms with Gasteiger partial charge in [-0.25, -0.2) is 9.38 Å². The van der Waals surface area contributed by atoms with E-state index in [2.05, 4.69) is 36.5 Å². The van der Waals surface area contributed by atoms with Crippen molar-refractivity contribution in [2.24, 2.45) is 4.99 Å². The molecular formula is C23H22Cl2FN7O4. The molecule has 2 amide bonds. The number of aromatic amines is 1. The summed E-state index contributed by atoms with van der Waals surface area (Å²) >= 11 is 12.0. The van der Waals surface area contributed by atoms with Crippen LogP contribution in [0, 0.1) is 0 Å². The van der Waals surface area contributed by atoms with Crippen LogP contribution >= 0.6 is 23.2 Å². The number of halogens is 3. The van der Waals surface area contributed by atoms with Gasteiger partial charge in [0.1, 0.15) is 6.17 Å². The minimum Gasteiger partial charge on any atom is -0.481 e. The highest BCUT2D eigenvalue weighted by molar-refractivity contribution is 6.34. The number of amides is 2. The molecule has 14 heteroatoms. The molecular weight excluding hydrogens is 528 g/mol. The van der Waals surface area contributed by atoms with Crippen LogP contribution in [0.5, 0.6) is 0 Å². The second kappa shape index (κ2) is 11.4. The van der Waals surface area contributed by atoms with Gasteiger partial charge in [-0.05, 0) is 35.9 Å². The van der Waals surface area contributed by atoms with Gasteiger partial charge < -0.3 is 26.4 Å². The highest BCUT2D eigenvalue weighted by Crippen LogP contribution is 2.26. The van der Waals surface area contributed by atoms with Crippen molar-refractivity contribution in [1.29, 1.82) is 0 Å². The lowest BCUT2D eigenvalue weighted by molar-refractivity contribution is -0.137. The number of carboxylic acid groups (broad SMARTS) is 1. The number of nitrogens with zero attached hydrogens (tertiary/aromatic N) is 2. The predicted octanol–water partition coefficient (Wildman–Crippen LogP) is 2.64. The summed E-state index contributed by atoms with van der Waals surface area (Å²) in [5.74, 6) is -1.95. The quantitative estimate of drug-likeness (QED) is 0.251. The fraction of sp³-hybridized carbons (Fsp3) is 0.261. The molecule has 2 heterocycles. The summed E-state index contributed by atoms with van der Waals surface area (Å²) in [6.07, 6.45) is 0.0793. The molecule has 3 aromatic rings. The molecule has 0 saturated carbocycles. The number of carboxylic acids is 1. The average molecular weight is 550 g/mol. The van der Waals surface area contributed by atoms with Crippen LogP contribution in [0.1, 0.15) is 28.4 Å². The molecule has 0 radical (unpaired) electrons. The lowest BCUT2D eigenvalue weighted by Gasteiger charge is -2.19. The van der Waals surface area contributed by atoms with Crippen molar-refractivity contribution in [2.75, 3.05) is 25.0 Å². The number of aliphatic carboxylic acids is 1. The Balaban J connectivity index is 1.44. The molecule has 1 aromatic heterocycles. The second-order valence-corrected chi connectivity index (χ2v) is 9.12. The summed E-state index contributed by atoms with van der Waals surface area (Å²) in [5, 5.41) is 28.3. The van der Waals surface area contributed by atoms with Gasteiger partial charge in [-0.1, -0.05) is 23.2 Å². The molecule has 2 atom stereocenters. The van der Waals surface area contributed by atoms with Crippen LogP contribution in [0.15, 0.2) is 41.5 Å². The number of hydrogen-bond donors (Lipinski definition) is 6. The molecule has 1 aliphatic heterocycles. The molecule has 194 valence electrons. The molecule has 0 saturated heterocycles. The molecule has 0 bridgehead atoms. The summed E-state index contributed by atoms with van der Waals surface area (Å²) in [7, 11) is 0. The summed E-state index contributed by atoms with van der Waals surface area (Å²) < 4.78 is 13.4. The van der Waals surface area contributed by atoms with Crippen molar-refractivity contribution >= 4 is 63.5 Å². The third-order valence-corrected chi connectivity index (χ3v) is 5.86. The van der Waals surface area contributed by atoms with Crippen molar-refractivity contribution in [3.8, 4) is 0 Å². The van der Waals surface area contributed by atoms with Gasteiger partial charge in [-0.2, -0.15) is 5.10 Å². The van der Waals surface area contributed by atoms with E-state index in [1.54, 1.807) is 18.3 Å². The van der Waals surface area contributed by atoms with Gasteiger partial charge in [0.25, 0.3) is 5.91 Å². The van der Waals surface area contributed by atoms with Gasteiger partial charge in [-0.15, -0.1) is 0 Å². The minimum absolute atomic E-state index is 0.0173. The zero-order chi connectivity index (χ0) is 26.5. The first-order valence-electron chi connectivity index (χ1n) is 11.1. The summed E-state index contributed by atoms with van der Waals surface area (Å²) in [6, 6.07) is 6.71. The largest absolute Gasteiger partial charge is 0.481 e. The maximum atomic E-state index is 13.4. The highest BCUT2D eigenvalue weighted by Gasteiger charge is 2.21. The number of hydrogen-bond acceptors (Lipinski definition) is 7. The first-order valence-corrected chi connectivity index (χ1v) is 11.9. The van der Waals surface area contributed by atoms with Crippen LogP contribution in [-0.4, -0.2) is 64.9 Å². The van der Waals surface area contributed by atoms with Gasteiger partial charge >= 0.3 is 5.97 Å². The topological polar surface area (TPSA) is 161 Å². The first kappa shape index (κ1) is 26.2. The maximum absolute atomic E-state index is 13.4. The van der Waals surface area contributed by atoms with Crippen LogP contribution in [0.3, 0.4) is 0 Å². The predicted molar refractivity (Wildman–Crippen MR) is 137 cm³/mol. The number of nitrogens with one attached hydrogen (secondary N) is 5. The molecule has 2 aromatic carbocycles. The fourth-order valence-corrected chi connectivity index (χ4v) is 4.27. The number of carbonyl (C=O) groups is 3. The fourth-order valence-electron chi connectivity index (χ4n) is 3.73. The van der Waals surface area contributed by atoms with Crippen LogP contribution < -0.4 is 21.3 Å². The number of guanidine groups is 1. The summed E-state index contributed by atoms with van der Waals surface area (Å²) in [6.45, 7) is -0.289. The normalized spacial score (nSPS) is 15.9. The molecule has 4 rings (SSSR count). The third kappa shape index (κ3) is 6.86. The van der Waals surface area contributed by atoms with E-state index in [4.69, 9.17) is 23.2 Å². The van der Waals surface area contributed by atoms with E-state index in [1.807, 2.05) is 0 Å². The van der Waals surface area contributed by atoms with Crippen molar-refractivity contribution in [2.45, 2.75) is 18.6 Å². The van der Waals surface area contributed by atoms with E-state index < -0.39 is 43.0 Å². The van der Waals surface area contributed by atoms with Crippen LogP contribution in [0.2, 0.25) is 10.0 Å². The zero-order valence-corrected chi connectivity index (χ0v) is 20.7. The Labute approximate surface area is 219 Å². The second-order valence-electron chi connectivity index (χ2n) is 8.25. The van der Waals surface area contributed by atoms with Crippen molar-refractivity contribution < 1.29 is 23.9 Å². The van der Waals surface area contributed by atoms with E-state index >= 15 is 0 Å². The van der Waals surface area contributed by atoms with Gasteiger partial charge in [0, 0.05) is 21.0 Å². The van der Waals surface area contributed by atoms with E-state index in [0.717, 1.165) is 0 Å². The van der Waals surface area contributed by atoms with Gasteiger partial charge in [0.2, 0.25) is 5.91 Å². The number of H-pyrrole nitrogens is 1. The molecule has 1 unspecified atom stereocenters. The number of carbonyl (C=O) groups excluding carboxylic acids is 2. The molecule has 0 spiro atoms. The van der Waals surface area contributed by atoms with E-state index in [-0.39, 0.29) is 28.7 Å². The molecule has 0 fully saturated rings. The lowest BCUT2D eigenvalue weighted by atomic mass is 10.0. The average Bonchev–Trinajstić information content (AvgIpc) is 3.32. The number of benzene rings is 2. The smallest absolute Gasteiger partial charge is 0.305 e. The van der Waals surface area contributed by atoms with E-state index in [1.165, 1.54) is 18.2 Å². The molecule has 11 nitrogen and oxygen atoms in total. The van der Waals surface area contributed by atoms with Crippen LogP contribution in [0.25, 0.3) is 10.9 Å². The van der Waals surface area contributed by atoms with Gasteiger partial charge in [-0.3, -0.25) is 19.5 Å². The summed E-state index contributed by atoms with van der Waals surface area (Å²) in [5.41, 5.74) is 1.69. The molecule has 0 aliphatic carbocycles. The van der Waals surface area contributed by atoms with Gasteiger partial charge in [0.15, 0.2) is 5.96 Å². The minimum atomic E-state index is -1.14. The first-order chi connectivity index (χ1) is 17.7. The number of rotatable bonds is 8. The number of fused-ring (bicyclic) bond motifs is 1. The van der Waals surface area contributed by atoms with Crippen molar-refractivity contribution in [3.63, 3.8) is 0 Å². The Hall–Kier alpha value is -3.90.